The van der Waals surface area contributed by atoms with Crippen molar-refractivity contribution in [3.63, 3.8) is 0 Å². The van der Waals surface area contributed by atoms with Gasteiger partial charge in [0.15, 0.2) is 0 Å². The highest BCUT2D eigenvalue weighted by Gasteiger charge is 2.32. The number of imide groups is 1. The van der Waals surface area contributed by atoms with Gasteiger partial charge in [0, 0.05) is 11.8 Å². The molecule has 0 spiro atoms. The zero-order valence-electron chi connectivity index (χ0n) is 15.4. The van der Waals surface area contributed by atoms with Gasteiger partial charge in [0.05, 0.1) is 22.4 Å². The summed E-state index contributed by atoms with van der Waals surface area (Å²) in [7, 11) is 0. The lowest BCUT2D eigenvalue weighted by Gasteiger charge is -2.15. The van der Waals surface area contributed by atoms with E-state index in [1.165, 1.54) is 0 Å². The van der Waals surface area contributed by atoms with Crippen LogP contribution in [0.25, 0.3) is 5.69 Å². The highest BCUT2D eigenvalue weighted by atomic mass is 16.2. The number of nitrogens with zero attached hydrogens (tertiary/aromatic N) is 1. The van der Waals surface area contributed by atoms with Gasteiger partial charge >= 0.3 is 0 Å². The van der Waals surface area contributed by atoms with Crippen LogP contribution in [0.4, 0.5) is 11.5 Å². The molecule has 0 fully saturated rings. The maximum absolute atomic E-state index is 12.9. The second kappa shape index (κ2) is 6.75. The van der Waals surface area contributed by atoms with Crippen molar-refractivity contribution in [2.45, 2.75) is 6.92 Å². The number of nitrogens with one attached hydrogen (secondary N) is 2. The first kappa shape index (κ1) is 18.2. The second-order valence-corrected chi connectivity index (χ2v) is 6.61. The van der Waals surface area contributed by atoms with Gasteiger partial charge in [0.25, 0.3) is 23.3 Å². The Morgan fingerprint density at radius 1 is 1.00 bits per heavy atom. The van der Waals surface area contributed by atoms with Crippen molar-refractivity contribution in [3.8, 4) is 5.69 Å². The van der Waals surface area contributed by atoms with Crippen molar-refractivity contribution in [1.29, 1.82) is 0 Å². The van der Waals surface area contributed by atoms with Gasteiger partial charge in [-0.15, -0.1) is 0 Å². The Kier molecular flexibility index (Phi) is 4.23. The van der Waals surface area contributed by atoms with Gasteiger partial charge in [-0.05, 0) is 31.2 Å². The molecule has 1 aliphatic rings. The number of anilines is 2. The van der Waals surface area contributed by atoms with Crippen LogP contribution in [-0.2, 0) is 0 Å². The molecule has 0 unspecified atom stereocenters. The number of fused-ring (bicyclic) bond motifs is 1. The van der Waals surface area contributed by atoms with Gasteiger partial charge in [-0.1, -0.05) is 29.8 Å². The molecule has 1 aliphatic heterocycles. The number of amides is 3. The fraction of sp³-hybridized carbons (Fsp3) is 0.0476. The molecule has 0 saturated carbocycles. The molecule has 0 radical (unpaired) electrons. The SMILES string of the molecule is Cc1ccc(NC(=O)c2ccccc2-n2c(N)c3c(cc2=O)C(=O)NC3=O)cc1. The number of nitrogen functional groups attached to an aromatic ring is 1. The van der Waals surface area contributed by atoms with E-state index in [1.54, 1.807) is 36.4 Å². The topological polar surface area (TPSA) is 123 Å². The first-order valence-corrected chi connectivity index (χ1v) is 8.75. The van der Waals surface area contributed by atoms with Crippen molar-refractivity contribution in [2.75, 3.05) is 11.1 Å². The molecule has 2 aromatic carbocycles. The molecule has 8 nitrogen and oxygen atoms in total. The first-order valence-electron chi connectivity index (χ1n) is 8.75. The number of pyridine rings is 1. The Bertz CT molecular complexity index is 1240. The fourth-order valence-electron chi connectivity index (χ4n) is 3.22. The summed E-state index contributed by atoms with van der Waals surface area (Å²) in [5.41, 5.74) is 7.33. The van der Waals surface area contributed by atoms with Gasteiger partial charge in [-0.3, -0.25) is 29.1 Å². The molecule has 4 N–H and O–H groups in total. The summed E-state index contributed by atoms with van der Waals surface area (Å²) in [5.74, 6) is -2.01. The summed E-state index contributed by atoms with van der Waals surface area (Å²) >= 11 is 0. The number of benzene rings is 2. The lowest BCUT2D eigenvalue weighted by Crippen LogP contribution is -2.26. The zero-order valence-corrected chi connectivity index (χ0v) is 15.4. The maximum Gasteiger partial charge on any atom is 0.262 e. The second-order valence-electron chi connectivity index (χ2n) is 6.61. The van der Waals surface area contributed by atoms with E-state index in [9.17, 15) is 19.2 Å². The molecule has 3 amide bonds. The minimum atomic E-state index is -0.683. The molecule has 0 saturated heterocycles. The molecule has 8 heteroatoms. The highest BCUT2D eigenvalue weighted by Crippen LogP contribution is 2.25. The Hall–Kier alpha value is -4.20. The molecular formula is C21H16N4O4. The van der Waals surface area contributed by atoms with Crippen LogP contribution < -0.4 is 21.9 Å². The van der Waals surface area contributed by atoms with Gasteiger partial charge in [0.1, 0.15) is 5.82 Å². The van der Waals surface area contributed by atoms with Crippen LogP contribution in [0.15, 0.2) is 59.4 Å². The zero-order chi connectivity index (χ0) is 20.7. The fourth-order valence-corrected chi connectivity index (χ4v) is 3.22. The van der Waals surface area contributed by atoms with Crippen molar-refractivity contribution in [3.05, 3.63) is 87.2 Å². The summed E-state index contributed by atoms with van der Waals surface area (Å²) < 4.78 is 1.06. The summed E-state index contributed by atoms with van der Waals surface area (Å²) in [6.07, 6.45) is 0. The van der Waals surface area contributed by atoms with Crippen LogP contribution >= 0.6 is 0 Å². The Balaban J connectivity index is 1.82. The monoisotopic (exact) mass is 388 g/mol. The Morgan fingerprint density at radius 3 is 2.41 bits per heavy atom. The van der Waals surface area contributed by atoms with Crippen molar-refractivity contribution < 1.29 is 14.4 Å². The standard InChI is InChI=1S/C21H16N4O4/c1-11-6-8-12(9-7-11)23-19(27)13-4-2-3-5-15(13)25-16(26)10-14-17(18(25)22)21(29)24-20(14)28/h2-10H,22H2,1H3,(H,23,27)(H,24,28,29). The number of carbonyl (C=O) groups excluding carboxylic acids is 3. The molecule has 0 atom stereocenters. The first-order chi connectivity index (χ1) is 13.9. The number of nitrogens with two attached hydrogens (primary N) is 1. The van der Waals surface area contributed by atoms with Crippen LogP contribution in [0.3, 0.4) is 0 Å². The van der Waals surface area contributed by atoms with Crippen LogP contribution in [0, 0.1) is 6.92 Å². The van der Waals surface area contributed by atoms with Gasteiger partial charge in [-0.25, -0.2) is 0 Å². The number of hydrogen-bond donors (Lipinski definition) is 3. The van der Waals surface area contributed by atoms with E-state index in [1.807, 2.05) is 19.1 Å². The normalized spacial score (nSPS) is 12.4. The highest BCUT2D eigenvalue weighted by molar-refractivity contribution is 6.23. The lowest BCUT2D eigenvalue weighted by atomic mass is 10.1. The van der Waals surface area contributed by atoms with E-state index < -0.39 is 23.3 Å². The van der Waals surface area contributed by atoms with Crippen LogP contribution in [-0.4, -0.2) is 22.3 Å². The molecule has 4 rings (SSSR count). The quantitative estimate of drug-likeness (QED) is 0.591. The molecule has 3 aromatic rings. The molecule has 1 aromatic heterocycles. The minimum absolute atomic E-state index is 0.0738. The van der Waals surface area contributed by atoms with Gasteiger partial charge < -0.3 is 11.1 Å². The van der Waals surface area contributed by atoms with Crippen molar-refractivity contribution in [2.24, 2.45) is 0 Å². The summed E-state index contributed by atoms with van der Waals surface area (Å²) in [4.78, 5) is 49.5. The van der Waals surface area contributed by atoms with Crippen molar-refractivity contribution >= 4 is 29.2 Å². The van der Waals surface area contributed by atoms with E-state index in [4.69, 9.17) is 5.73 Å². The number of para-hydroxylation sites is 1. The van der Waals surface area contributed by atoms with Crippen molar-refractivity contribution in [1.82, 2.24) is 9.88 Å². The average molecular weight is 388 g/mol. The smallest absolute Gasteiger partial charge is 0.262 e. The molecule has 29 heavy (non-hydrogen) atoms. The largest absolute Gasteiger partial charge is 0.384 e. The van der Waals surface area contributed by atoms with Crippen LogP contribution in [0.2, 0.25) is 0 Å². The Morgan fingerprint density at radius 2 is 1.69 bits per heavy atom. The average Bonchev–Trinajstić information content (AvgIpc) is 2.97. The lowest BCUT2D eigenvalue weighted by molar-refractivity contribution is 0.0879. The predicted molar refractivity (Wildman–Crippen MR) is 107 cm³/mol. The van der Waals surface area contributed by atoms with E-state index in [2.05, 4.69) is 10.6 Å². The number of carbonyl (C=O) groups is 3. The molecule has 144 valence electrons. The van der Waals surface area contributed by atoms with E-state index in [0.717, 1.165) is 16.2 Å². The van der Waals surface area contributed by atoms with E-state index >= 15 is 0 Å². The molecule has 2 heterocycles. The van der Waals surface area contributed by atoms with E-state index in [-0.39, 0.29) is 28.2 Å². The molecule has 0 aliphatic carbocycles. The van der Waals surface area contributed by atoms with Gasteiger partial charge in [0.2, 0.25) is 0 Å². The summed E-state index contributed by atoms with van der Waals surface area (Å²) in [6, 6.07) is 14.7. The minimum Gasteiger partial charge on any atom is -0.384 e. The third kappa shape index (κ3) is 3.06. The number of hydrogen-bond acceptors (Lipinski definition) is 5. The van der Waals surface area contributed by atoms with Crippen LogP contribution in [0.1, 0.15) is 36.6 Å². The third-order valence-corrected chi connectivity index (χ3v) is 4.65. The number of aromatic nitrogens is 1. The third-order valence-electron chi connectivity index (χ3n) is 4.65. The molecule has 0 bridgehead atoms. The number of aryl methyl sites for hydroxylation is 1. The maximum atomic E-state index is 12.9. The predicted octanol–water partition coefficient (Wildman–Crippen LogP) is 1.86. The molecular weight excluding hydrogens is 372 g/mol. The van der Waals surface area contributed by atoms with E-state index in [0.29, 0.717) is 5.69 Å². The Labute approximate surface area is 165 Å². The van der Waals surface area contributed by atoms with Gasteiger partial charge in [-0.2, -0.15) is 0 Å². The summed E-state index contributed by atoms with van der Waals surface area (Å²) in [6.45, 7) is 1.94. The van der Waals surface area contributed by atoms with Crippen LogP contribution in [0.5, 0.6) is 0 Å². The number of rotatable bonds is 3. The summed E-state index contributed by atoms with van der Waals surface area (Å²) in [5, 5.41) is 4.89.